The molecule has 182 valence electrons. The van der Waals surface area contributed by atoms with Crippen molar-refractivity contribution in [2.24, 2.45) is 0 Å². The van der Waals surface area contributed by atoms with Gasteiger partial charge in [-0.3, -0.25) is 9.97 Å². The molecular formula is C32H36N2Si2. The summed E-state index contributed by atoms with van der Waals surface area (Å²) in [6.07, 6.45) is 12.3. The van der Waals surface area contributed by atoms with Crippen LogP contribution >= 0.6 is 0 Å². The third-order valence-electron chi connectivity index (χ3n) is 6.32. The molecule has 0 radical (unpaired) electrons. The van der Waals surface area contributed by atoms with E-state index in [2.05, 4.69) is 134 Å². The molecule has 0 bridgehead atoms. The van der Waals surface area contributed by atoms with Crippen molar-refractivity contribution in [3.05, 3.63) is 107 Å². The maximum absolute atomic E-state index is 4.58. The van der Waals surface area contributed by atoms with Crippen molar-refractivity contribution in [2.45, 2.75) is 39.3 Å². The topological polar surface area (TPSA) is 25.8 Å². The number of nitrogens with zero attached hydrogens (tertiary/aromatic N) is 2. The van der Waals surface area contributed by atoms with Crippen molar-refractivity contribution in [1.29, 1.82) is 0 Å². The van der Waals surface area contributed by atoms with Gasteiger partial charge in [-0.05, 0) is 46.5 Å². The highest BCUT2D eigenvalue weighted by atomic mass is 28.3. The number of rotatable bonds is 7. The Morgan fingerprint density at radius 1 is 0.444 bits per heavy atom. The summed E-state index contributed by atoms with van der Waals surface area (Å²) in [4.78, 5) is 9.17. The molecule has 0 spiro atoms. The van der Waals surface area contributed by atoms with Gasteiger partial charge in [-0.25, -0.2) is 0 Å². The van der Waals surface area contributed by atoms with Crippen molar-refractivity contribution >= 4 is 50.8 Å². The Balaban J connectivity index is 1.49. The van der Waals surface area contributed by atoms with E-state index in [0.29, 0.717) is 0 Å². The summed E-state index contributed by atoms with van der Waals surface area (Å²) in [5.41, 5.74) is 6.39. The average molecular weight is 505 g/mol. The van der Waals surface area contributed by atoms with Gasteiger partial charge in [0.2, 0.25) is 0 Å². The van der Waals surface area contributed by atoms with Crippen LogP contribution in [0.4, 0.5) is 0 Å². The Bertz CT molecular complexity index is 1260. The minimum Gasteiger partial charge on any atom is -0.255 e. The molecule has 2 heterocycles. The van der Waals surface area contributed by atoms with Crippen LogP contribution in [0.3, 0.4) is 0 Å². The average Bonchev–Trinajstić information content (AvgIpc) is 2.86. The molecule has 0 fully saturated rings. The van der Waals surface area contributed by atoms with E-state index in [1.54, 1.807) is 0 Å². The number of hydrogen-bond acceptors (Lipinski definition) is 2. The molecule has 2 aromatic heterocycles. The fourth-order valence-corrected chi connectivity index (χ4v) is 6.29. The van der Waals surface area contributed by atoms with Gasteiger partial charge >= 0.3 is 0 Å². The van der Waals surface area contributed by atoms with Gasteiger partial charge in [0.1, 0.15) is 0 Å². The van der Waals surface area contributed by atoms with Gasteiger partial charge in [-0.1, -0.05) is 122 Å². The molecule has 2 nitrogen and oxygen atoms in total. The van der Waals surface area contributed by atoms with E-state index >= 15 is 0 Å². The summed E-state index contributed by atoms with van der Waals surface area (Å²) in [7, 11) is -2.54. The Labute approximate surface area is 218 Å². The summed E-state index contributed by atoms with van der Waals surface area (Å²) in [6.45, 7) is 14.3. The van der Waals surface area contributed by atoms with Crippen LogP contribution in [0.1, 0.15) is 22.3 Å². The third kappa shape index (κ3) is 6.87. The molecule has 0 unspecified atom stereocenters. The fourth-order valence-electron chi connectivity index (χ4n) is 3.95. The van der Waals surface area contributed by atoms with Crippen LogP contribution in [0.2, 0.25) is 39.3 Å². The highest BCUT2D eigenvalue weighted by Crippen LogP contribution is 2.19. The van der Waals surface area contributed by atoms with E-state index in [1.165, 1.54) is 21.5 Å². The van der Waals surface area contributed by atoms with Crippen LogP contribution < -0.4 is 10.4 Å². The summed E-state index contributed by atoms with van der Waals surface area (Å²) in [5.74, 6) is 0. The lowest BCUT2D eigenvalue weighted by atomic mass is 10.1. The van der Waals surface area contributed by atoms with Gasteiger partial charge in [0.25, 0.3) is 0 Å². The molecule has 36 heavy (non-hydrogen) atoms. The first-order chi connectivity index (χ1) is 17.1. The highest BCUT2D eigenvalue weighted by molar-refractivity contribution is 6.89. The van der Waals surface area contributed by atoms with Gasteiger partial charge in [-0.2, -0.15) is 0 Å². The first-order valence-electron chi connectivity index (χ1n) is 12.6. The van der Waals surface area contributed by atoms with Crippen LogP contribution in [0.5, 0.6) is 0 Å². The lowest BCUT2D eigenvalue weighted by Gasteiger charge is -2.16. The predicted octanol–water partition coefficient (Wildman–Crippen LogP) is 7.57. The van der Waals surface area contributed by atoms with E-state index in [1.807, 2.05) is 24.5 Å². The van der Waals surface area contributed by atoms with Gasteiger partial charge in [0.05, 0.1) is 27.5 Å². The largest absolute Gasteiger partial charge is 0.255 e. The van der Waals surface area contributed by atoms with E-state index in [9.17, 15) is 0 Å². The van der Waals surface area contributed by atoms with E-state index in [-0.39, 0.29) is 0 Å². The Morgan fingerprint density at radius 2 is 0.778 bits per heavy atom. The molecule has 0 aliphatic carbocycles. The Hall–Kier alpha value is -3.35. The first-order valence-corrected chi connectivity index (χ1v) is 19.6. The summed E-state index contributed by atoms with van der Waals surface area (Å²) < 4.78 is 0. The number of aromatic nitrogens is 2. The van der Waals surface area contributed by atoms with Crippen LogP contribution in [-0.2, 0) is 0 Å². The summed E-state index contributed by atoms with van der Waals surface area (Å²) in [6, 6.07) is 26.2. The second-order valence-electron chi connectivity index (χ2n) is 11.4. The Morgan fingerprint density at radius 3 is 1.11 bits per heavy atom. The number of benzene rings is 2. The second-order valence-corrected chi connectivity index (χ2v) is 21.5. The monoisotopic (exact) mass is 504 g/mol. The quantitative estimate of drug-likeness (QED) is 0.242. The molecule has 0 saturated heterocycles. The zero-order chi connectivity index (χ0) is 25.8. The minimum absolute atomic E-state index is 0.876. The summed E-state index contributed by atoms with van der Waals surface area (Å²) in [5, 5.41) is 2.96. The van der Waals surface area contributed by atoms with Gasteiger partial charge < -0.3 is 0 Å². The highest BCUT2D eigenvalue weighted by Gasteiger charge is 2.16. The molecule has 0 aliphatic heterocycles. The molecule has 0 N–H and O–H groups in total. The van der Waals surface area contributed by atoms with Crippen LogP contribution in [-0.4, -0.2) is 26.1 Å². The van der Waals surface area contributed by atoms with Crippen LogP contribution in [0.25, 0.3) is 35.7 Å². The molecule has 4 heteroatoms. The van der Waals surface area contributed by atoms with E-state index < -0.39 is 16.1 Å². The van der Waals surface area contributed by atoms with Gasteiger partial charge in [0, 0.05) is 12.4 Å². The minimum atomic E-state index is -1.27. The van der Waals surface area contributed by atoms with Gasteiger partial charge in [0.15, 0.2) is 0 Å². The zero-order valence-corrected chi connectivity index (χ0v) is 24.3. The molecule has 4 aromatic rings. The van der Waals surface area contributed by atoms with Crippen molar-refractivity contribution in [3.63, 3.8) is 0 Å². The molecular weight excluding hydrogens is 469 g/mol. The lowest BCUT2D eigenvalue weighted by Crippen LogP contribution is -2.37. The van der Waals surface area contributed by atoms with E-state index in [4.69, 9.17) is 0 Å². The normalized spacial score (nSPS) is 12.5. The Kier molecular flexibility index (Phi) is 7.67. The van der Waals surface area contributed by atoms with Crippen molar-refractivity contribution in [3.8, 4) is 11.4 Å². The number of pyridine rings is 2. The maximum atomic E-state index is 4.58. The zero-order valence-electron chi connectivity index (χ0n) is 22.3. The predicted molar refractivity (Wildman–Crippen MR) is 164 cm³/mol. The van der Waals surface area contributed by atoms with Crippen molar-refractivity contribution < 1.29 is 0 Å². The van der Waals surface area contributed by atoms with Gasteiger partial charge in [-0.15, -0.1) is 0 Å². The molecule has 4 rings (SSSR count). The third-order valence-corrected chi connectivity index (χ3v) is 10.5. The summed E-state index contributed by atoms with van der Waals surface area (Å²) >= 11 is 0. The van der Waals surface area contributed by atoms with Crippen LogP contribution in [0, 0.1) is 0 Å². The van der Waals surface area contributed by atoms with E-state index in [0.717, 1.165) is 22.5 Å². The lowest BCUT2D eigenvalue weighted by molar-refractivity contribution is 1.24. The first kappa shape index (κ1) is 25.7. The molecule has 0 aliphatic rings. The molecule has 0 amide bonds. The molecule has 0 saturated carbocycles. The number of hydrogen-bond donors (Lipinski definition) is 0. The second kappa shape index (κ2) is 10.7. The smallest absolute Gasteiger partial charge is 0.0892 e. The molecule has 0 atom stereocenters. The SMILES string of the molecule is C[Si](C)(C)c1ccc(/C=C/c2ccnc(-c3cc(/C=C/c4ccc([Si](C)(C)C)cc4)ccn3)c2)cc1. The molecule has 2 aromatic carbocycles. The van der Waals surface area contributed by atoms with Crippen molar-refractivity contribution in [2.75, 3.05) is 0 Å². The van der Waals surface area contributed by atoms with Crippen molar-refractivity contribution in [1.82, 2.24) is 9.97 Å². The standard InChI is InChI=1S/C32H36N2Si2/c1-35(2,3)29-15-11-25(12-16-29)7-9-27-19-21-33-31(23-27)32-24-28(20-22-34-32)10-8-26-13-17-30(18-14-26)36(4,5)6/h7-24H,1-6H3/b9-7+,10-8+. The maximum Gasteiger partial charge on any atom is 0.0892 e. The fraction of sp³-hybridized carbons (Fsp3) is 0.188. The van der Waals surface area contributed by atoms with Crippen LogP contribution in [0.15, 0.2) is 85.2 Å².